The smallest absolute Gasteiger partial charge is 0.191 e. The van der Waals surface area contributed by atoms with Crippen molar-refractivity contribution >= 4 is 5.96 Å². The van der Waals surface area contributed by atoms with Crippen LogP contribution in [0.15, 0.2) is 41.4 Å². The monoisotopic (exact) mass is 356 g/mol. The van der Waals surface area contributed by atoms with Gasteiger partial charge in [-0.1, -0.05) is 30.3 Å². The van der Waals surface area contributed by atoms with Gasteiger partial charge in [-0.15, -0.1) is 0 Å². The van der Waals surface area contributed by atoms with E-state index in [2.05, 4.69) is 81.7 Å². The number of hydrogen-bond acceptors (Lipinski definition) is 3. The molecule has 6 nitrogen and oxygen atoms in total. The first-order valence-corrected chi connectivity index (χ1v) is 9.18. The van der Waals surface area contributed by atoms with Gasteiger partial charge in [0.2, 0.25) is 0 Å². The van der Waals surface area contributed by atoms with E-state index in [1.165, 1.54) is 11.3 Å². The summed E-state index contributed by atoms with van der Waals surface area (Å²) in [5, 5.41) is 11.3. The fraction of sp³-hybridized carbons (Fsp3) is 0.500. The normalized spacial score (nSPS) is 13.1. The van der Waals surface area contributed by atoms with Gasteiger partial charge in [-0.2, -0.15) is 5.10 Å². The van der Waals surface area contributed by atoms with E-state index in [9.17, 15) is 0 Å². The largest absolute Gasteiger partial charge is 0.356 e. The maximum atomic E-state index is 4.50. The lowest BCUT2D eigenvalue weighted by Gasteiger charge is -2.26. The third-order valence-corrected chi connectivity index (χ3v) is 4.44. The third kappa shape index (κ3) is 5.88. The fourth-order valence-corrected chi connectivity index (χ4v) is 3.02. The standard InChI is InChI=1S/C20H32N6/c1-16-14-17(2)26(24-16)13-9-12-22-20(21-3)23-15-19(25(4)5)18-10-7-6-8-11-18/h6-8,10-11,14,19H,9,12-13,15H2,1-5H3,(H2,21,22,23). The van der Waals surface area contributed by atoms with E-state index in [1.54, 1.807) is 0 Å². The Morgan fingerprint density at radius 3 is 2.50 bits per heavy atom. The predicted molar refractivity (Wildman–Crippen MR) is 109 cm³/mol. The van der Waals surface area contributed by atoms with E-state index in [4.69, 9.17) is 0 Å². The molecular formula is C20H32N6. The Labute approximate surface area is 157 Å². The summed E-state index contributed by atoms with van der Waals surface area (Å²) in [6.07, 6.45) is 0.998. The van der Waals surface area contributed by atoms with Crippen LogP contribution >= 0.6 is 0 Å². The van der Waals surface area contributed by atoms with Crippen molar-refractivity contribution in [2.24, 2.45) is 4.99 Å². The highest BCUT2D eigenvalue weighted by Gasteiger charge is 2.14. The second-order valence-corrected chi connectivity index (χ2v) is 6.77. The average Bonchev–Trinajstić information content (AvgIpc) is 2.95. The Kier molecular flexibility index (Phi) is 7.66. The van der Waals surface area contributed by atoms with Gasteiger partial charge in [0.25, 0.3) is 0 Å². The lowest BCUT2D eigenvalue weighted by molar-refractivity contribution is 0.298. The van der Waals surface area contributed by atoms with Crippen molar-refractivity contribution in [1.82, 2.24) is 25.3 Å². The van der Waals surface area contributed by atoms with Crippen molar-refractivity contribution in [2.75, 3.05) is 34.2 Å². The van der Waals surface area contributed by atoms with Gasteiger partial charge in [0.05, 0.1) is 11.7 Å². The van der Waals surface area contributed by atoms with Gasteiger partial charge in [-0.25, -0.2) is 0 Å². The first-order chi connectivity index (χ1) is 12.5. The Bertz CT molecular complexity index is 690. The molecule has 0 aliphatic carbocycles. The van der Waals surface area contributed by atoms with E-state index in [-0.39, 0.29) is 0 Å². The molecule has 6 heteroatoms. The molecule has 0 amide bonds. The minimum absolute atomic E-state index is 0.296. The van der Waals surface area contributed by atoms with Crippen LogP contribution in [0.1, 0.15) is 29.4 Å². The number of likely N-dealkylation sites (N-methyl/N-ethyl adjacent to an activating group) is 1. The highest BCUT2D eigenvalue weighted by atomic mass is 15.3. The Hall–Kier alpha value is -2.34. The van der Waals surface area contributed by atoms with Crippen LogP contribution in [0.4, 0.5) is 0 Å². The average molecular weight is 357 g/mol. The quantitative estimate of drug-likeness (QED) is 0.433. The topological polar surface area (TPSA) is 57.5 Å². The Balaban J connectivity index is 1.78. The van der Waals surface area contributed by atoms with Crippen LogP contribution in [0.3, 0.4) is 0 Å². The molecule has 0 aliphatic heterocycles. The van der Waals surface area contributed by atoms with Crippen molar-refractivity contribution in [3.63, 3.8) is 0 Å². The molecule has 2 N–H and O–H groups in total. The molecule has 0 bridgehead atoms. The number of nitrogens with zero attached hydrogens (tertiary/aromatic N) is 4. The molecule has 0 aliphatic rings. The maximum Gasteiger partial charge on any atom is 0.191 e. The second-order valence-electron chi connectivity index (χ2n) is 6.77. The van der Waals surface area contributed by atoms with E-state index < -0.39 is 0 Å². The minimum Gasteiger partial charge on any atom is -0.356 e. The van der Waals surface area contributed by atoms with Gasteiger partial charge in [-0.05, 0) is 46.0 Å². The molecule has 1 unspecified atom stereocenters. The number of aliphatic imine (C=N–C) groups is 1. The molecule has 1 heterocycles. The number of hydrogen-bond donors (Lipinski definition) is 2. The Morgan fingerprint density at radius 1 is 1.19 bits per heavy atom. The van der Waals surface area contributed by atoms with Crippen LogP contribution < -0.4 is 10.6 Å². The first-order valence-electron chi connectivity index (χ1n) is 9.18. The molecule has 2 rings (SSSR count). The molecule has 0 spiro atoms. The molecule has 2 aromatic rings. The van der Waals surface area contributed by atoms with Gasteiger partial charge < -0.3 is 15.5 Å². The highest BCUT2D eigenvalue weighted by Crippen LogP contribution is 2.16. The molecule has 0 fully saturated rings. The van der Waals surface area contributed by atoms with E-state index in [0.29, 0.717) is 6.04 Å². The van der Waals surface area contributed by atoms with Gasteiger partial charge in [-0.3, -0.25) is 9.67 Å². The highest BCUT2D eigenvalue weighted by molar-refractivity contribution is 5.79. The van der Waals surface area contributed by atoms with Crippen LogP contribution in [-0.4, -0.2) is 54.9 Å². The van der Waals surface area contributed by atoms with Crippen LogP contribution in [0.5, 0.6) is 0 Å². The number of aryl methyl sites for hydroxylation is 3. The summed E-state index contributed by atoms with van der Waals surface area (Å²) < 4.78 is 2.06. The molecule has 26 heavy (non-hydrogen) atoms. The summed E-state index contributed by atoms with van der Waals surface area (Å²) >= 11 is 0. The van der Waals surface area contributed by atoms with Gasteiger partial charge >= 0.3 is 0 Å². The summed E-state index contributed by atoms with van der Waals surface area (Å²) in [6, 6.07) is 12.9. The van der Waals surface area contributed by atoms with E-state index >= 15 is 0 Å². The molecule has 142 valence electrons. The van der Waals surface area contributed by atoms with Crippen LogP contribution in [-0.2, 0) is 6.54 Å². The molecule has 1 atom stereocenters. The zero-order chi connectivity index (χ0) is 18.9. The van der Waals surface area contributed by atoms with Crippen molar-refractivity contribution in [3.05, 3.63) is 53.3 Å². The lowest BCUT2D eigenvalue weighted by atomic mass is 10.1. The van der Waals surface area contributed by atoms with Gasteiger partial charge in [0.1, 0.15) is 0 Å². The van der Waals surface area contributed by atoms with Crippen molar-refractivity contribution in [1.29, 1.82) is 0 Å². The fourth-order valence-electron chi connectivity index (χ4n) is 3.02. The Morgan fingerprint density at radius 2 is 1.92 bits per heavy atom. The summed E-state index contributed by atoms with van der Waals surface area (Å²) in [6.45, 7) is 6.69. The summed E-state index contributed by atoms with van der Waals surface area (Å²) in [7, 11) is 6.01. The predicted octanol–water partition coefficient (Wildman–Crippen LogP) is 2.36. The van der Waals surface area contributed by atoms with Gasteiger partial charge in [0, 0.05) is 32.4 Å². The number of guanidine groups is 1. The van der Waals surface area contributed by atoms with Crippen LogP contribution in [0, 0.1) is 13.8 Å². The third-order valence-electron chi connectivity index (χ3n) is 4.44. The van der Waals surface area contributed by atoms with Crippen LogP contribution in [0.25, 0.3) is 0 Å². The number of rotatable bonds is 8. The van der Waals surface area contributed by atoms with Gasteiger partial charge in [0.15, 0.2) is 5.96 Å². The second kappa shape index (κ2) is 9.97. The minimum atomic E-state index is 0.296. The van der Waals surface area contributed by atoms with Crippen LogP contribution in [0.2, 0.25) is 0 Å². The molecule has 1 aromatic carbocycles. The summed E-state index contributed by atoms with van der Waals surface area (Å²) in [5.74, 6) is 0.834. The van der Waals surface area contributed by atoms with Crippen molar-refractivity contribution in [3.8, 4) is 0 Å². The zero-order valence-corrected chi connectivity index (χ0v) is 16.7. The molecule has 0 saturated carbocycles. The van der Waals surface area contributed by atoms with E-state index in [0.717, 1.165) is 37.7 Å². The number of aromatic nitrogens is 2. The molecular weight excluding hydrogens is 324 g/mol. The maximum absolute atomic E-state index is 4.50. The zero-order valence-electron chi connectivity index (χ0n) is 16.7. The SMILES string of the molecule is CN=C(NCCCn1nc(C)cc1C)NCC(c1ccccc1)N(C)C. The molecule has 1 aromatic heterocycles. The van der Waals surface area contributed by atoms with Crippen molar-refractivity contribution in [2.45, 2.75) is 32.9 Å². The molecule has 0 radical (unpaired) electrons. The first kappa shape index (κ1) is 20.0. The summed E-state index contributed by atoms with van der Waals surface area (Å²) in [5.41, 5.74) is 3.58. The lowest BCUT2D eigenvalue weighted by Crippen LogP contribution is -2.42. The number of benzene rings is 1. The molecule has 0 saturated heterocycles. The number of nitrogens with one attached hydrogen (secondary N) is 2. The van der Waals surface area contributed by atoms with E-state index in [1.807, 2.05) is 20.0 Å². The summed E-state index contributed by atoms with van der Waals surface area (Å²) in [4.78, 5) is 6.55. The van der Waals surface area contributed by atoms with Crippen molar-refractivity contribution < 1.29 is 0 Å².